The molecule has 5 heteroatoms. The van der Waals surface area contributed by atoms with E-state index in [1.807, 2.05) is 11.9 Å². The lowest BCUT2D eigenvalue weighted by Crippen LogP contribution is -2.34. The second-order valence-corrected chi connectivity index (χ2v) is 4.18. The van der Waals surface area contributed by atoms with Crippen LogP contribution in [-0.4, -0.2) is 74.4 Å². The number of nitrogens with zero attached hydrogens (tertiary/aromatic N) is 1. The van der Waals surface area contributed by atoms with E-state index in [0.717, 1.165) is 26.0 Å². The quantitative estimate of drug-likeness (QED) is 0.481. The normalized spacial score (nSPS) is 13.2. The summed E-state index contributed by atoms with van der Waals surface area (Å²) in [7, 11) is 1.93. The van der Waals surface area contributed by atoms with Crippen molar-refractivity contribution in [3.63, 3.8) is 0 Å². The van der Waals surface area contributed by atoms with E-state index in [1.165, 1.54) is 0 Å². The molecule has 0 heterocycles. The molecule has 0 amide bonds. The maximum Gasteiger partial charge on any atom is 0.0900 e. The van der Waals surface area contributed by atoms with Gasteiger partial charge < -0.3 is 24.6 Å². The number of unbranched alkanes of at least 4 members (excludes halogenated alkanes) is 1. The van der Waals surface area contributed by atoms with Crippen molar-refractivity contribution in [1.82, 2.24) is 4.90 Å². The SMILES string of the molecule is CCCCOCC(O)CN(C)CCOCCO. The Balaban J connectivity index is 3.35. The van der Waals surface area contributed by atoms with E-state index in [2.05, 4.69) is 6.92 Å². The molecule has 0 radical (unpaired) electrons. The van der Waals surface area contributed by atoms with E-state index in [4.69, 9.17) is 14.6 Å². The number of ether oxygens (including phenoxy) is 2. The topological polar surface area (TPSA) is 62.2 Å². The molecule has 0 aliphatic heterocycles. The molecule has 0 aromatic heterocycles. The van der Waals surface area contributed by atoms with Crippen LogP contribution in [0.25, 0.3) is 0 Å². The maximum atomic E-state index is 9.67. The molecule has 0 bridgehead atoms. The predicted octanol–water partition coefficient (Wildman–Crippen LogP) is 0.105. The Hall–Kier alpha value is -0.200. The van der Waals surface area contributed by atoms with Crippen molar-refractivity contribution in [1.29, 1.82) is 0 Å². The van der Waals surface area contributed by atoms with Crippen LogP contribution >= 0.6 is 0 Å². The van der Waals surface area contributed by atoms with Crippen LogP contribution < -0.4 is 0 Å². The highest BCUT2D eigenvalue weighted by molar-refractivity contribution is 4.60. The lowest BCUT2D eigenvalue weighted by atomic mass is 10.3. The molecule has 104 valence electrons. The van der Waals surface area contributed by atoms with Gasteiger partial charge in [-0.15, -0.1) is 0 Å². The van der Waals surface area contributed by atoms with Crippen molar-refractivity contribution < 1.29 is 19.7 Å². The monoisotopic (exact) mass is 249 g/mol. The first-order valence-corrected chi connectivity index (χ1v) is 6.33. The molecular weight excluding hydrogens is 222 g/mol. The van der Waals surface area contributed by atoms with Crippen LogP contribution in [0.5, 0.6) is 0 Å². The van der Waals surface area contributed by atoms with Crippen LogP contribution in [0.15, 0.2) is 0 Å². The van der Waals surface area contributed by atoms with Crippen molar-refractivity contribution in [3.05, 3.63) is 0 Å². The zero-order valence-electron chi connectivity index (χ0n) is 11.1. The minimum absolute atomic E-state index is 0.0532. The zero-order chi connectivity index (χ0) is 12.9. The largest absolute Gasteiger partial charge is 0.394 e. The molecule has 0 rings (SSSR count). The van der Waals surface area contributed by atoms with Crippen LogP contribution in [0.2, 0.25) is 0 Å². The van der Waals surface area contributed by atoms with E-state index in [-0.39, 0.29) is 6.61 Å². The highest BCUT2D eigenvalue weighted by Crippen LogP contribution is 1.94. The first-order valence-electron chi connectivity index (χ1n) is 6.33. The molecule has 0 aliphatic rings. The Morgan fingerprint density at radius 3 is 2.59 bits per heavy atom. The lowest BCUT2D eigenvalue weighted by Gasteiger charge is -2.20. The number of aliphatic hydroxyl groups excluding tert-OH is 2. The summed E-state index contributed by atoms with van der Waals surface area (Å²) in [6, 6.07) is 0. The maximum absolute atomic E-state index is 9.67. The van der Waals surface area contributed by atoms with Crippen molar-refractivity contribution in [2.45, 2.75) is 25.9 Å². The summed E-state index contributed by atoms with van der Waals surface area (Å²) in [5.74, 6) is 0. The second-order valence-electron chi connectivity index (χ2n) is 4.18. The molecule has 0 fully saturated rings. The van der Waals surface area contributed by atoms with Gasteiger partial charge in [-0.2, -0.15) is 0 Å². The van der Waals surface area contributed by atoms with E-state index in [9.17, 15) is 5.11 Å². The molecule has 2 N–H and O–H groups in total. The Morgan fingerprint density at radius 1 is 1.18 bits per heavy atom. The van der Waals surface area contributed by atoms with Gasteiger partial charge in [0.2, 0.25) is 0 Å². The molecule has 1 unspecified atom stereocenters. The van der Waals surface area contributed by atoms with Gasteiger partial charge in [-0.05, 0) is 13.5 Å². The number of hydrogen-bond donors (Lipinski definition) is 2. The van der Waals surface area contributed by atoms with E-state index in [0.29, 0.717) is 26.4 Å². The van der Waals surface area contributed by atoms with Gasteiger partial charge in [0.05, 0.1) is 32.5 Å². The van der Waals surface area contributed by atoms with Crippen LogP contribution in [0.4, 0.5) is 0 Å². The smallest absolute Gasteiger partial charge is 0.0900 e. The van der Waals surface area contributed by atoms with Crippen LogP contribution in [0.3, 0.4) is 0 Å². The molecule has 0 spiro atoms. The summed E-state index contributed by atoms with van der Waals surface area (Å²) in [4.78, 5) is 1.99. The molecular formula is C12H27NO4. The standard InChI is InChI=1S/C12H27NO4/c1-3-4-7-17-11-12(15)10-13(2)5-8-16-9-6-14/h12,14-15H,3-11H2,1-2H3. The summed E-state index contributed by atoms with van der Waals surface area (Å²) in [5.41, 5.74) is 0. The number of likely N-dealkylation sites (N-methyl/N-ethyl adjacent to an activating group) is 1. The molecule has 0 saturated heterocycles. The first kappa shape index (κ1) is 16.8. The molecule has 0 aromatic rings. The summed E-state index contributed by atoms with van der Waals surface area (Å²) < 4.78 is 10.5. The fraction of sp³-hybridized carbons (Fsp3) is 1.00. The van der Waals surface area contributed by atoms with Crippen molar-refractivity contribution >= 4 is 0 Å². The minimum atomic E-state index is -0.449. The van der Waals surface area contributed by atoms with Crippen LogP contribution in [0, 0.1) is 0 Å². The van der Waals surface area contributed by atoms with Gasteiger partial charge in [-0.3, -0.25) is 0 Å². The summed E-state index contributed by atoms with van der Waals surface area (Å²) >= 11 is 0. The Kier molecular flexibility index (Phi) is 12.1. The first-order chi connectivity index (χ1) is 8.20. The highest BCUT2D eigenvalue weighted by Gasteiger charge is 2.07. The third kappa shape index (κ3) is 12.1. The lowest BCUT2D eigenvalue weighted by molar-refractivity contribution is 0.0133. The molecule has 0 aliphatic carbocycles. The number of hydrogen-bond acceptors (Lipinski definition) is 5. The van der Waals surface area contributed by atoms with E-state index >= 15 is 0 Å². The summed E-state index contributed by atoms with van der Waals surface area (Å²) in [6.45, 7) is 5.54. The third-order valence-electron chi connectivity index (χ3n) is 2.33. The van der Waals surface area contributed by atoms with Gasteiger partial charge in [0.1, 0.15) is 0 Å². The Bertz CT molecular complexity index is 141. The average Bonchev–Trinajstić information content (AvgIpc) is 2.30. The van der Waals surface area contributed by atoms with Gasteiger partial charge in [0, 0.05) is 19.7 Å². The van der Waals surface area contributed by atoms with Gasteiger partial charge in [-0.1, -0.05) is 13.3 Å². The minimum Gasteiger partial charge on any atom is -0.394 e. The fourth-order valence-electron chi connectivity index (χ4n) is 1.36. The molecule has 5 nitrogen and oxygen atoms in total. The van der Waals surface area contributed by atoms with Gasteiger partial charge in [-0.25, -0.2) is 0 Å². The predicted molar refractivity (Wildman–Crippen MR) is 67.1 cm³/mol. The number of aliphatic hydroxyl groups is 2. The van der Waals surface area contributed by atoms with Gasteiger partial charge >= 0.3 is 0 Å². The van der Waals surface area contributed by atoms with E-state index < -0.39 is 6.10 Å². The Morgan fingerprint density at radius 2 is 1.94 bits per heavy atom. The van der Waals surface area contributed by atoms with Crippen LogP contribution in [-0.2, 0) is 9.47 Å². The molecule has 1 atom stereocenters. The van der Waals surface area contributed by atoms with Crippen molar-refractivity contribution in [2.75, 3.05) is 53.2 Å². The van der Waals surface area contributed by atoms with Crippen LogP contribution in [0.1, 0.15) is 19.8 Å². The van der Waals surface area contributed by atoms with Crippen molar-refractivity contribution in [3.8, 4) is 0 Å². The number of rotatable bonds is 12. The molecule has 0 aromatic carbocycles. The average molecular weight is 249 g/mol. The van der Waals surface area contributed by atoms with Gasteiger partial charge in [0.25, 0.3) is 0 Å². The highest BCUT2D eigenvalue weighted by atomic mass is 16.5. The fourth-order valence-corrected chi connectivity index (χ4v) is 1.36. The third-order valence-corrected chi connectivity index (χ3v) is 2.33. The zero-order valence-corrected chi connectivity index (χ0v) is 11.1. The summed E-state index contributed by atoms with van der Waals surface area (Å²) in [5, 5.41) is 18.2. The molecule has 0 saturated carbocycles. The molecule has 17 heavy (non-hydrogen) atoms. The van der Waals surface area contributed by atoms with Crippen molar-refractivity contribution in [2.24, 2.45) is 0 Å². The Labute approximate surface area is 104 Å². The van der Waals surface area contributed by atoms with Gasteiger partial charge in [0.15, 0.2) is 0 Å². The second kappa shape index (κ2) is 12.3. The summed E-state index contributed by atoms with van der Waals surface area (Å²) in [6.07, 6.45) is 1.70. The van der Waals surface area contributed by atoms with E-state index in [1.54, 1.807) is 0 Å².